The van der Waals surface area contributed by atoms with Crippen molar-refractivity contribution in [3.63, 3.8) is 0 Å². The second kappa shape index (κ2) is 6.80. The van der Waals surface area contributed by atoms with Gasteiger partial charge < -0.3 is 0 Å². The number of rotatable bonds is 1. The predicted molar refractivity (Wildman–Crippen MR) is 136 cm³/mol. The minimum Gasteiger partial charge on any atom is -0.142 e. The van der Waals surface area contributed by atoms with Crippen molar-refractivity contribution in [3.8, 4) is 11.1 Å². The molecule has 6 aromatic carbocycles. The Morgan fingerprint density at radius 1 is 0.400 bits per heavy atom. The number of benzene rings is 6. The fourth-order valence-corrected chi connectivity index (χ4v) is 5.23. The Balaban J connectivity index is 1.60. The lowest BCUT2D eigenvalue weighted by molar-refractivity contribution is 1.53. The minimum absolute atomic E-state index is 1.01. The van der Waals surface area contributed by atoms with Gasteiger partial charge in [0.1, 0.15) is 0 Å². The maximum absolute atomic E-state index is 4.96. The highest BCUT2D eigenvalue weighted by atomic mass is 32.1. The minimum atomic E-state index is 1.01. The molecule has 0 aliphatic carbocycles. The third kappa shape index (κ3) is 2.72. The molecule has 6 rings (SSSR count). The van der Waals surface area contributed by atoms with Crippen LogP contribution in [0.4, 0.5) is 0 Å². The summed E-state index contributed by atoms with van der Waals surface area (Å²) in [7, 11) is 0. The Hall–Kier alpha value is -2.94. The molecule has 0 spiro atoms. The monoisotopic (exact) mass is 418 g/mol. The zero-order chi connectivity index (χ0) is 20.2. The van der Waals surface area contributed by atoms with Gasteiger partial charge in [-0.3, -0.25) is 0 Å². The molecule has 0 nitrogen and oxygen atoms in total. The molecule has 142 valence electrons. The second-order valence-corrected chi connectivity index (χ2v) is 8.66. The van der Waals surface area contributed by atoms with Gasteiger partial charge in [-0.05, 0) is 78.5 Å². The van der Waals surface area contributed by atoms with Gasteiger partial charge in [-0.15, -0.1) is 25.3 Å². The van der Waals surface area contributed by atoms with E-state index in [0.717, 1.165) is 20.9 Å². The van der Waals surface area contributed by atoms with Gasteiger partial charge in [-0.2, -0.15) is 0 Å². The summed E-state index contributed by atoms with van der Waals surface area (Å²) < 4.78 is 0. The lowest BCUT2D eigenvalue weighted by Crippen LogP contribution is -1.86. The molecule has 6 aromatic rings. The van der Waals surface area contributed by atoms with Crippen LogP contribution in [0.1, 0.15) is 0 Å². The van der Waals surface area contributed by atoms with Crippen molar-refractivity contribution in [2.45, 2.75) is 9.79 Å². The first-order chi connectivity index (χ1) is 14.7. The molecule has 0 bridgehead atoms. The van der Waals surface area contributed by atoms with Gasteiger partial charge in [0.05, 0.1) is 0 Å². The number of thiol groups is 2. The number of fused-ring (bicyclic) bond motifs is 4. The van der Waals surface area contributed by atoms with Crippen LogP contribution in [0.3, 0.4) is 0 Å². The zero-order valence-corrected chi connectivity index (χ0v) is 17.9. The van der Waals surface area contributed by atoms with E-state index in [0.29, 0.717) is 0 Å². The standard InChI is InChI=1S/C28H18S2/c29-27-23-8-4-3-7-19(23)14-20-9-10-22(16-26(20)27)24-12-11-21-13-17-5-1-2-6-18(17)15-25(21)28(24)30/h1-16,29-30H. The van der Waals surface area contributed by atoms with Crippen LogP contribution < -0.4 is 0 Å². The van der Waals surface area contributed by atoms with E-state index in [9.17, 15) is 0 Å². The molecule has 0 aromatic heterocycles. The highest BCUT2D eigenvalue weighted by molar-refractivity contribution is 7.81. The summed E-state index contributed by atoms with van der Waals surface area (Å²) in [6.45, 7) is 0. The van der Waals surface area contributed by atoms with E-state index < -0.39 is 0 Å². The van der Waals surface area contributed by atoms with Gasteiger partial charge in [0.15, 0.2) is 0 Å². The van der Waals surface area contributed by atoms with Gasteiger partial charge in [-0.25, -0.2) is 0 Å². The van der Waals surface area contributed by atoms with E-state index >= 15 is 0 Å². The van der Waals surface area contributed by atoms with Crippen LogP contribution in [-0.4, -0.2) is 0 Å². The molecule has 0 atom stereocenters. The fraction of sp³-hybridized carbons (Fsp3) is 0. The van der Waals surface area contributed by atoms with Crippen molar-refractivity contribution < 1.29 is 0 Å². The molecule has 0 amide bonds. The summed E-state index contributed by atoms with van der Waals surface area (Å²) in [5.41, 5.74) is 2.30. The van der Waals surface area contributed by atoms with E-state index in [1.807, 2.05) is 0 Å². The summed E-state index contributed by atoms with van der Waals surface area (Å²) in [6, 6.07) is 34.6. The van der Waals surface area contributed by atoms with Gasteiger partial charge in [-0.1, -0.05) is 72.8 Å². The first kappa shape index (κ1) is 17.9. The van der Waals surface area contributed by atoms with Crippen LogP contribution in [0.15, 0.2) is 107 Å². The molecule has 0 saturated heterocycles. The van der Waals surface area contributed by atoms with Gasteiger partial charge in [0.25, 0.3) is 0 Å². The average Bonchev–Trinajstić information content (AvgIpc) is 2.78. The van der Waals surface area contributed by atoms with Crippen LogP contribution in [0.5, 0.6) is 0 Å². The molecule has 0 unspecified atom stereocenters. The number of hydrogen-bond donors (Lipinski definition) is 2. The largest absolute Gasteiger partial charge is 0.142 e. The Morgan fingerprint density at radius 3 is 1.77 bits per heavy atom. The van der Waals surface area contributed by atoms with Gasteiger partial charge in [0.2, 0.25) is 0 Å². The first-order valence-electron chi connectivity index (χ1n) is 9.98. The second-order valence-electron chi connectivity index (χ2n) is 7.76. The normalized spacial score (nSPS) is 11.7. The SMILES string of the molecule is Sc1c(-c2ccc3cc4ccccc4c(S)c3c2)ccc2cc3ccccc3cc12. The Morgan fingerprint density at radius 2 is 0.967 bits per heavy atom. The third-order valence-corrected chi connectivity index (χ3v) is 6.97. The fourth-order valence-electron chi connectivity index (χ4n) is 4.44. The predicted octanol–water partition coefficient (Wildman–Crippen LogP) is 8.54. The topological polar surface area (TPSA) is 0 Å². The molecular formula is C28H18S2. The van der Waals surface area contributed by atoms with Crippen molar-refractivity contribution in [2.24, 2.45) is 0 Å². The highest BCUT2D eigenvalue weighted by Crippen LogP contribution is 2.38. The Bertz CT molecular complexity index is 1610. The van der Waals surface area contributed by atoms with E-state index in [1.165, 1.54) is 43.1 Å². The molecule has 0 aliphatic rings. The van der Waals surface area contributed by atoms with Crippen LogP contribution in [-0.2, 0) is 0 Å². The first-order valence-corrected chi connectivity index (χ1v) is 10.9. The van der Waals surface area contributed by atoms with E-state index in [2.05, 4.69) is 97.1 Å². The molecule has 0 N–H and O–H groups in total. The number of hydrogen-bond acceptors (Lipinski definition) is 2. The molecule has 0 saturated carbocycles. The summed E-state index contributed by atoms with van der Waals surface area (Å²) in [6.07, 6.45) is 0. The van der Waals surface area contributed by atoms with Crippen LogP contribution in [0.25, 0.3) is 54.2 Å². The van der Waals surface area contributed by atoms with E-state index in [-0.39, 0.29) is 0 Å². The van der Waals surface area contributed by atoms with Crippen molar-refractivity contribution in [2.75, 3.05) is 0 Å². The summed E-state index contributed by atoms with van der Waals surface area (Å²) in [5.74, 6) is 0. The van der Waals surface area contributed by atoms with Crippen molar-refractivity contribution in [1.82, 2.24) is 0 Å². The van der Waals surface area contributed by atoms with E-state index in [4.69, 9.17) is 25.3 Å². The highest BCUT2D eigenvalue weighted by Gasteiger charge is 2.11. The van der Waals surface area contributed by atoms with Crippen molar-refractivity contribution in [1.29, 1.82) is 0 Å². The summed E-state index contributed by atoms with van der Waals surface area (Å²) in [4.78, 5) is 2.04. The van der Waals surface area contributed by atoms with Gasteiger partial charge in [0, 0.05) is 9.79 Å². The van der Waals surface area contributed by atoms with Gasteiger partial charge >= 0.3 is 0 Å². The van der Waals surface area contributed by atoms with Crippen LogP contribution in [0.2, 0.25) is 0 Å². The third-order valence-electron chi connectivity index (χ3n) is 6.00. The van der Waals surface area contributed by atoms with Crippen molar-refractivity contribution >= 4 is 68.3 Å². The molecule has 0 radical (unpaired) electrons. The van der Waals surface area contributed by atoms with Crippen molar-refractivity contribution in [3.05, 3.63) is 97.1 Å². The maximum Gasteiger partial charge on any atom is 0.0198 e. The molecular weight excluding hydrogens is 400 g/mol. The molecule has 0 heterocycles. The van der Waals surface area contributed by atoms with Crippen LogP contribution in [0, 0.1) is 0 Å². The summed E-state index contributed by atoms with van der Waals surface area (Å²) in [5, 5.41) is 9.65. The average molecular weight is 419 g/mol. The maximum atomic E-state index is 4.96. The zero-order valence-electron chi connectivity index (χ0n) is 16.1. The smallest absolute Gasteiger partial charge is 0.0198 e. The molecule has 30 heavy (non-hydrogen) atoms. The lowest BCUT2D eigenvalue weighted by Gasteiger charge is -2.13. The summed E-state index contributed by atoms with van der Waals surface area (Å²) >= 11 is 9.84. The quantitative estimate of drug-likeness (QED) is 0.194. The Kier molecular flexibility index (Phi) is 4.05. The molecule has 0 aliphatic heterocycles. The lowest BCUT2D eigenvalue weighted by atomic mass is 9.95. The Labute approximate surface area is 186 Å². The molecule has 0 fully saturated rings. The molecule has 2 heteroatoms. The van der Waals surface area contributed by atoms with Crippen LogP contribution >= 0.6 is 25.3 Å². The van der Waals surface area contributed by atoms with E-state index in [1.54, 1.807) is 0 Å².